The number of halogens is 2. The van der Waals surface area contributed by atoms with Gasteiger partial charge in [-0.3, -0.25) is 19.1 Å². The number of anilines is 1. The molecule has 4 heterocycles. The summed E-state index contributed by atoms with van der Waals surface area (Å²) in [6.07, 6.45) is 6.07. The first-order chi connectivity index (χ1) is 23.4. The van der Waals surface area contributed by atoms with E-state index < -0.39 is 54.3 Å². The molecule has 1 amide bonds. The molecule has 4 aromatic rings. The summed E-state index contributed by atoms with van der Waals surface area (Å²) in [5.41, 5.74) is 0.243. The Morgan fingerprint density at radius 3 is 2.55 bits per heavy atom. The molecule has 0 spiro atoms. The molecular weight excluding hydrogens is 668 g/mol. The monoisotopic (exact) mass is 701 g/mol. The number of carboxylic acids is 1. The maximum atomic E-state index is 14.8. The fourth-order valence-electron chi connectivity index (χ4n) is 5.26. The van der Waals surface area contributed by atoms with Gasteiger partial charge in [0.05, 0.1) is 24.0 Å². The third-order valence-electron chi connectivity index (χ3n) is 7.76. The normalized spacial score (nSPS) is 17.2. The van der Waals surface area contributed by atoms with Crippen LogP contribution in [0, 0.1) is 17.7 Å². The molecule has 1 fully saturated rings. The minimum absolute atomic E-state index is 0.0228. The Balaban J connectivity index is 1.29. The summed E-state index contributed by atoms with van der Waals surface area (Å²) < 4.78 is 47.5. The molecular formula is C31H33F2N7O8S. The summed E-state index contributed by atoms with van der Waals surface area (Å²) in [7, 11) is 0. The number of nitrogens with one attached hydrogen (secondary N) is 1. The molecule has 49 heavy (non-hydrogen) atoms. The van der Waals surface area contributed by atoms with Crippen LogP contribution in [0.5, 0.6) is 0 Å². The molecule has 0 aliphatic heterocycles. The van der Waals surface area contributed by atoms with E-state index in [0.29, 0.717) is 17.2 Å². The Morgan fingerprint density at radius 1 is 1.10 bits per heavy atom. The van der Waals surface area contributed by atoms with E-state index in [0.717, 1.165) is 56.1 Å². The number of hydrogen-bond acceptors (Lipinski definition) is 12. The zero-order valence-corrected chi connectivity index (χ0v) is 27.5. The molecule has 4 aromatic heterocycles. The van der Waals surface area contributed by atoms with Crippen LogP contribution in [-0.2, 0) is 35.3 Å². The number of rotatable bonds is 13. The number of thiazole rings is 1. The summed E-state index contributed by atoms with van der Waals surface area (Å²) in [6, 6.07) is 1.79. The van der Waals surface area contributed by atoms with E-state index in [9.17, 15) is 33.1 Å². The summed E-state index contributed by atoms with van der Waals surface area (Å²) in [6.45, 7) is 4.38. The van der Waals surface area contributed by atoms with Crippen LogP contribution in [-0.4, -0.2) is 77.3 Å². The number of amides is 1. The van der Waals surface area contributed by atoms with Crippen molar-refractivity contribution in [1.82, 2.24) is 29.5 Å². The highest BCUT2D eigenvalue weighted by Gasteiger charge is 2.34. The lowest BCUT2D eigenvalue weighted by molar-refractivity contribution is -0.177. The van der Waals surface area contributed by atoms with Gasteiger partial charge in [0.15, 0.2) is 12.5 Å². The van der Waals surface area contributed by atoms with Crippen LogP contribution in [0.25, 0.3) is 22.0 Å². The van der Waals surface area contributed by atoms with Crippen molar-refractivity contribution in [1.29, 1.82) is 0 Å². The van der Waals surface area contributed by atoms with Gasteiger partial charge in [0.1, 0.15) is 28.0 Å². The lowest BCUT2D eigenvalue weighted by Crippen LogP contribution is -2.38. The number of esters is 2. The second-order valence-electron chi connectivity index (χ2n) is 11.2. The minimum atomic E-state index is -1.65. The number of pyridine rings is 1. The molecule has 0 bridgehead atoms. The molecule has 18 heteroatoms. The van der Waals surface area contributed by atoms with Crippen molar-refractivity contribution in [2.45, 2.75) is 71.4 Å². The van der Waals surface area contributed by atoms with E-state index in [2.05, 4.69) is 25.5 Å². The van der Waals surface area contributed by atoms with Crippen LogP contribution in [0.15, 0.2) is 36.1 Å². The highest BCUT2D eigenvalue weighted by molar-refractivity contribution is 7.13. The number of aliphatic carboxylic acids is 1. The standard InChI is InChI=1S/C31H33F2N7O8S/c1-4-46-20-7-5-19(6-8-20)40-13-22(26(38-40)25-21(32)9-10-24(33)37-25)35-28(42)23-14-49-29(36-23)18-11-34-39(12-18)15-47-31(45)27(48-17(3)41)16(2)30(43)44/h9-14,16,19-20,27H,4-8,15H2,1-3H3,(H,35,42)(H,43,44)/t16-,19?,20?,27+/m1/s1. The molecule has 0 unspecified atom stereocenters. The van der Waals surface area contributed by atoms with Gasteiger partial charge < -0.3 is 24.6 Å². The van der Waals surface area contributed by atoms with E-state index in [-0.39, 0.29) is 34.9 Å². The summed E-state index contributed by atoms with van der Waals surface area (Å²) in [4.78, 5) is 56.6. The summed E-state index contributed by atoms with van der Waals surface area (Å²) >= 11 is 1.12. The summed E-state index contributed by atoms with van der Waals surface area (Å²) in [5, 5.41) is 22.5. The molecule has 0 radical (unpaired) electrons. The van der Waals surface area contributed by atoms with Crippen molar-refractivity contribution in [3.63, 3.8) is 0 Å². The molecule has 0 saturated heterocycles. The van der Waals surface area contributed by atoms with Gasteiger partial charge in [-0.05, 0) is 51.7 Å². The van der Waals surface area contributed by atoms with Crippen LogP contribution in [0.3, 0.4) is 0 Å². The number of nitrogens with zero attached hydrogens (tertiary/aromatic N) is 6. The van der Waals surface area contributed by atoms with Crippen LogP contribution in [0.4, 0.5) is 14.5 Å². The number of carbonyl (C=O) groups is 4. The molecule has 1 saturated carbocycles. The lowest BCUT2D eigenvalue weighted by atomic mass is 9.93. The minimum Gasteiger partial charge on any atom is -0.481 e. The van der Waals surface area contributed by atoms with Crippen LogP contribution >= 0.6 is 11.3 Å². The molecule has 260 valence electrons. The second kappa shape index (κ2) is 15.4. The average molecular weight is 702 g/mol. The Morgan fingerprint density at radius 2 is 1.86 bits per heavy atom. The Hall–Kier alpha value is -5.10. The highest BCUT2D eigenvalue weighted by Crippen LogP contribution is 2.35. The SMILES string of the molecule is CCOC1CCC(n2cc(NC(=O)c3csc(-c4cnn(COC(=O)[C@@H](OC(C)=O)[C@@H](C)C(=O)O)c4)n3)c(-c3nc(F)ccc3F)n2)CC1. The van der Waals surface area contributed by atoms with Gasteiger partial charge in [-0.25, -0.2) is 23.8 Å². The number of carboxylic acid groups (broad SMARTS) is 1. The first-order valence-corrected chi connectivity index (χ1v) is 16.2. The first-order valence-electron chi connectivity index (χ1n) is 15.3. The Bertz CT molecular complexity index is 1840. The third-order valence-corrected chi connectivity index (χ3v) is 8.65. The molecule has 2 N–H and O–H groups in total. The largest absolute Gasteiger partial charge is 0.481 e. The second-order valence-corrected chi connectivity index (χ2v) is 12.1. The zero-order chi connectivity index (χ0) is 35.2. The maximum Gasteiger partial charge on any atom is 0.350 e. The summed E-state index contributed by atoms with van der Waals surface area (Å²) in [5.74, 6) is -6.95. The third kappa shape index (κ3) is 8.50. The molecule has 0 aromatic carbocycles. The Labute approximate surface area is 282 Å². The van der Waals surface area contributed by atoms with Crippen molar-refractivity contribution in [2.75, 3.05) is 11.9 Å². The van der Waals surface area contributed by atoms with E-state index in [1.54, 1.807) is 10.9 Å². The Kier molecular flexibility index (Phi) is 11.1. The fourth-order valence-corrected chi connectivity index (χ4v) is 6.03. The van der Waals surface area contributed by atoms with Gasteiger partial charge in [0.2, 0.25) is 12.1 Å². The highest BCUT2D eigenvalue weighted by atomic mass is 32.1. The number of ether oxygens (including phenoxy) is 3. The lowest BCUT2D eigenvalue weighted by Gasteiger charge is -2.28. The van der Waals surface area contributed by atoms with Gasteiger partial charge in [0, 0.05) is 36.9 Å². The zero-order valence-electron chi connectivity index (χ0n) is 26.7. The van der Waals surface area contributed by atoms with E-state index in [4.69, 9.17) is 14.2 Å². The molecule has 15 nitrogen and oxygen atoms in total. The number of hydrogen-bond donors (Lipinski definition) is 2. The van der Waals surface area contributed by atoms with Crippen LogP contribution in [0.1, 0.15) is 63.0 Å². The topological polar surface area (TPSA) is 190 Å². The van der Waals surface area contributed by atoms with Gasteiger partial charge in [-0.1, -0.05) is 0 Å². The molecule has 2 atom stereocenters. The first kappa shape index (κ1) is 35.2. The van der Waals surface area contributed by atoms with Crippen molar-refractivity contribution < 1.29 is 47.3 Å². The predicted molar refractivity (Wildman–Crippen MR) is 168 cm³/mol. The van der Waals surface area contributed by atoms with E-state index in [1.807, 2.05) is 6.92 Å². The van der Waals surface area contributed by atoms with Gasteiger partial charge in [0.25, 0.3) is 5.91 Å². The fraction of sp³-hybridized carbons (Fsp3) is 0.419. The maximum absolute atomic E-state index is 14.8. The van der Waals surface area contributed by atoms with E-state index >= 15 is 0 Å². The number of carbonyl (C=O) groups excluding carboxylic acids is 3. The smallest absolute Gasteiger partial charge is 0.350 e. The quantitative estimate of drug-likeness (QED) is 0.147. The van der Waals surface area contributed by atoms with E-state index in [1.165, 1.54) is 29.4 Å². The van der Waals surface area contributed by atoms with Crippen LogP contribution < -0.4 is 5.32 Å². The number of aromatic nitrogens is 6. The van der Waals surface area contributed by atoms with Crippen molar-refractivity contribution in [3.8, 4) is 22.0 Å². The predicted octanol–water partition coefficient (Wildman–Crippen LogP) is 4.47. The van der Waals surface area contributed by atoms with Crippen LogP contribution in [0.2, 0.25) is 0 Å². The van der Waals surface area contributed by atoms with Crippen molar-refractivity contribution >= 4 is 40.8 Å². The average Bonchev–Trinajstić information content (AvgIpc) is 3.84. The van der Waals surface area contributed by atoms with Crippen molar-refractivity contribution in [3.05, 3.63) is 53.6 Å². The van der Waals surface area contributed by atoms with Crippen molar-refractivity contribution in [2.24, 2.45) is 5.92 Å². The molecule has 1 aliphatic rings. The molecule has 5 rings (SSSR count). The van der Waals surface area contributed by atoms with Gasteiger partial charge in [-0.2, -0.15) is 14.6 Å². The van der Waals surface area contributed by atoms with Gasteiger partial charge >= 0.3 is 17.9 Å². The van der Waals surface area contributed by atoms with Gasteiger partial charge in [-0.15, -0.1) is 11.3 Å². The molecule has 1 aliphatic carbocycles.